The molecule has 0 N–H and O–H groups in total. The van der Waals surface area contributed by atoms with Gasteiger partial charge in [-0.25, -0.2) is 0 Å². The normalized spacial score (nSPS) is 25.4. The lowest BCUT2D eigenvalue weighted by molar-refractivity contribution is -0.0911. The molecule has 0 amide bonds. The molecule has 0 aromatic carbocycles. The van der Waals surface area contributed by atoms with Crippen LogP contribution in [0.1, 0.15) is 25.7 Å². The fraction of sp³-hybridized carbons (Fsp3) is 0.889. The van der Waals surface area contributed by atoms with Crippen LogP contribution in [0.4, 0.5) is 0 Å². The Morgan fingerprint density at radius 1 is 1.27 bits per heavy atom. The molecule has 2 heteroatoms. The van der Waals surface area contributed by atoms with Crippen molar-refractivity contribution in [2.24, 2.45) is 0 Å². The summed E-state index contributed by atoms with van der Waals surface area (Å²) in [4.78, 5) is 0. The molecular weight excluding hydrogens is 140 g/mol. The molecule has 1 radical (unpaired) electrons. The minimum Gasteiger partial charge on any atom is -0.376 e. The summed E-state index contributed by atoms with van der Waals surface area (Å²) in [6.45, 7) is 6.13. The van der Waals surface area contributed by atoms with Gasteiger partial charge in [-0.2, -0.15) is 0 Å². The van der Waals surface area contributed by atoms with Crippen LogP contribution in [0.25, 0.3) is 0 Å². The molecule has 65 valence electrons. The first kappa shape index (κ1) is 9.01. The van der Waals surface area contributed by atoms with Crippen molar-refractivity contribution in [3.63, 3.8) is 0 Å². The van der Waals surface area contributed by atoms with E-state index < -0.39 is 0 Å². The minimum absolute atomic E-state index is 0.357. The highest BCUT2D eigenvalue weighted by molar-refractivity contribution is 4.60. The Bertz CT molecular complexity index is 87.6. The Hall–Kier alpha value is -0.0800. The van der Waals surface area contributed by atoms with Crippen molar-refractivity contribution in [3.8, 4) is 0 Å². The number of unbranched alkanes of at least 4 members (excludes halogenated alkanes) is 2. The maximum Gasteiger partial charge on any atom is 0.0809 e. The Labute approximate surface area is 68.9 Å². The largest absolute Gasteiger partial charge is 0.376 e. The molecule has 2 nitrogen and oxygen atoms in total. The fourth-order valence-electron chi connectivity index (χ4n) is 1.25. The van der Waals surface area contributed by atoms with Crippen molar-refractivity contribution in [3.05, 3.63) is 6.92 Å². The maximum absolute atomic E-state index is 5.48. The van der Waals surface area contributed by atoms with Gasteiger partial charge in [0, 0.05) is 0 Å². The topological polar surface area (TPSA) is 18.5 Å². The van der Waals surface area contributed by atoms with Crippen molar-refractivity contribution in [2.45, 2.75) is 31.8 Å². The highest BCUT2D eigenvalue weighted by atomic mass is 16.6. The standard InChI is InChI=1S/C9H17O2/c1-2-3-4-5-9-8-10-6-7-11-9/h9H,1-8H2. The third-order valence-corrected chi connectivity index (χ3v) is 1.91. The predicted molar refractivity (Wildman–Crippen MR) is 44.4 cm³/mol. The molecule has 1 aliphatic rings. The van der Waals surface area contributed by atoms with E-state index in [9.17, 15) is 0 Å². The minimum atomic E-state index is 0.357. The molecule has 0 spiro atoms. The van der Waals surface area contributed by atoms with Crippen molar-refractivity contribution < 1.29 is 9.47 Å². The smallest absolute Gasteiger partial charge is 0.0809 e. The van der Waals surface area contributed by atoms with Gasteiger partial charge < -0.3 is 9.47 Å². The molecule has 11 heavy (non-hydrogen) atoms. The molecule has 1 rings (SSSR count). The lowest BCUT2D eigenvalue weighted by atomic mass is 10.1. The number of hydrogen-bond acceptors (Lipinski definition) is 2. The lowest BCUT2D eigenvalue weighted by Crippen LogP contribution is -2.28. The number of hydrogen-bond donors (Lipinski definition) is 0. The monoisotopic (exact) mass is 157 g/mol. The lowest BCUT2D eigenvalue weighted by Gasteiger charge is -2.22. The summed E-state index contributed by atoms with van der Waals surface area (Å²) in [5, 5.41) is 0. The third kappa shape index (κ3) is 3.73. The van der Waals surface area contributed by atoms with Gasteiger partial charge in [-0.15, -0.1) is 0 Å². The van der Waals surface area contributed by atoms with Crippen LogP contribution < -0.4 is 0 Å². The zero-order chi connectivity index (χ0) is 7.94. The van der Waals surface area contributed by atoms with Crippen molar-refractivity contribution in [1.29, 1.82) is 0 Å². The zero-order valence-corrected chi connectivity index (χ0v) is 7.05. The quantitative estimate of drug-likeness (QED) is 0.579. The second kappa shape index (κ2) is 5.56. The van der Waals surface area contributed by atoms with E-state index in [0.717, 1.165) is 32.7 Å². The van der Waals surface area contributed by atoms with Crippen LogP contribution in [0.3, 0.4) is 0 Å². The van der Waals surface area contributed by atoms with Crippen LogP contribution in [-0.2, 0) is 9.47 Å². The Morgan fingerprint density at radius 3 is 2.82 bits per heavy atom. The van der Waals surface area contributed by atoms with E-state index in [1.54, 1.807) is 0 Å². The highest BCUT2D eigenvalue weighted by Crippen LogP contribution is 2.09. The Balaban J connectivity index is 1.96. The molecule has 0 aromatic heterocycles. The molecule has 0 saturated carbocycles. The third-order valence-electron chi connectivity index (χ3n) is 1.91. The first-order valence-electron chi connectivity index (χ1n) is 4.42. The first-order valence-corrected chi connectivity index (χ1v) is 4.42. The molecule has 1 saturated heterocycles. The average molecular weight is 157 g/mol. The van der Waals surface area contributed by atoms with E-state index in [1.807, 2.05) is 0 Å². The number of rotatable bonds is 4. The summed E-state index contributed by atoms with van der Waals surface area (Å²) in [5.74, 6) is 0. The van der Waals surface area contributed by atoms with Crippen LogP contribution in [-0.4, -0.2) is 25.9 Å². The van der Waals surface area contributed by atoms with Crippen molar-refractivity contribution in [1.82, 2.24) is 0 Å². The van der Waals surface area contributed by atoms with Gasteiger partial charge in [0.05, 0.1) is 25.9 Å². The Morgan fingerprint density at radius 2 is 2.18 bits per heavy atom. The van der Waals surface area contributed by atoms with Gasteiger partial charge in [-0.05, 0) is 6.42 Å². The molecular formula is C9H17O2. The SMILES string of the molecule is [CH2]CCCCC1COCCO1. The van der Waals surface area contributed by atoms with Gasteiger partial charge in [0.25, 0.3) is 0 Å². The summed E-state index contributed by atoms with van der Waals surface area (Å²) in [6.07, 6.45) is 4.95. The molecule has 0 bridgehead atoms. The van der Waals surface area contributed by atoms with Gasteiger partial charge in [-0.1, -0.05) is 26.2 Å². The highest BCUT2D eigenvalue weighted by Gasteiger charge is 2.12. The zero-order valence-electron chi connectivity index (χ0n) is 7.05. The second-order valence-corrected chi connectivity index (χ2v) is 2.92. The summed E-state index contributed by atoms with van der Waals surface area (Å²) >= 11 is 0. The van der Waals surface area contributed by atoms with Crippen LogP contribution in [0.2, 0.25) is 0 Å². The predicted octanol–water partition coefficient (Wildman–Crippen LogP) is 1.80. The molecule has 1 fully saturated rings. The molecule has 1 unspecified atom stereocenters. The van der Waals surface area contributed by atoms with Gasteiger partial charge in [0.1, 0.15) is 0 Å². The molecule has 1 heterocycles. The van der Waals surface area contributed by atoms with Crippen LogP contribution in [0, 0.1) is 6.92 Å². The van der Waals surface area contributed by atoms with Crippen LogP contribution in [0.15, 0.2) is 0 Å². The van der Waals surface area contributed by atoms with E-state index in [0.29, 0.717) is 6.10 Å². The van der Waals surface area contributed by atoms with Gasteiger partial charge >= 0.3 is 0 Å². The maximum atomic E-state index is 5.48. The van der Waals surface area contributed by atoms with E-state index in [2.05, 4.69) is 6.92 Å². The van der Waals surface area contributed by atoms with Gasteiger partial charge in [0.15, 0.2) is 0 Å². The van der Waals surface area contributed by atoms with E-state index >= 15 is 0 Å². The van der Waals surface area contributed by atoms with Gasteiger partial charge in [-0.3, -0.25) is 0 Å². The van der Waals surface area contributed by atoms with E-state index in [-0.39, 0.29) is 0 Å². The summed E-state index contributed by atoms with van der Waals surface area (Å²) < 4.78 is 10.8. The van der Waals surface area contributed by atoms with Crippen molar-refractivity contribution >= 4 is 0 Å². The summed E-state index contributed by atoms with van der Waals surface area (Å²) in [6, 6.07) is 0. The first-order chi connectivity index (χ1) is 5.43. The van der Waals surface area contributed by atoms with E-state index in [4.69, 9.17) is 9.47 Å². The van der Waals surface area contributed by atoms with E-state index in [1.165, 1.54) is 12.8 Å². The molecule has 0 aliphatic carbocycles. The second-order valence-electron chi connectivity index (χ2n) is 2.92. The van der Waals surface area contributed by atoms with Crippen molar-refractivity contribution in [2.75, 3.05) is 19.8 Å². The summed E-state index contributed by atoms with van der Waals surface area (Å²) in [7, 11) is 0. The molecule has 0 aromatic rings. The van der Waals surface area contributed by atoms with Crippen LogP contribution >= 0.6 is 0 Å². The van der Waals surface area contributed by atoms with Crippen LogP contribution in [0.5, 0.6) is 0 Å². The molecule has 1 atom stereocenters. The Kier molecular flexibility index (Phi) is 4.55. The number of ether oxygens (including phenoxy) is 2. The summed E-state index contributed by atoms with van der Waals surface area (Å²) in [5.41, 5.74) is 0. The van der Waals surface area contributed by atoms with Gasteiger partial charge in [0.2, 0.25) is 0 Å². The fourth-order valence-corrected chi connectivity index (χ4v) is 1.25. The molecule has 1 aliphatic heterocycles. The average Bonchev–Trinajstić information content (AvgIpc) is 2.07.